The maximum absolute atomic E-state index is 11.7. The van der Waals surface area contributed by atoms with Gasteiger partial charge < -0.3 is 15.8 Å². The lowest BCUT2D eigenvalue weighted by Gasteiger charge is -2.51. The molecule has 0 bridgehead atoms. The molecular formula is C11H19N3O3S2. The fraction of sp³-hybridized carbons (Fsp3) is 0.727. The Kier molecular flexibility index (Phi) is 3.53. The normalized spacial score (nSPS) is 25.9. The third-order valence-corrected chi connectivity index (χ3v) is 5.89. The molecule has 0 radical (unpaired) electrons. The minimum absolute atomic E-state index is 0.0533. The first kappa shape index (κ1) is 14.5. The Balaban J connectivity index is 2.23. The first-order valence-corrected chi connectivity index (χ1v) is 8.59. The van der Waals surface area contributed by atoms with Crippen molar-refractivity contribution in [3.05, 3.63) is 0 Å². The summed E-state index contributed by atoms with van der Waals surface area (Å²) in [7, 11) is -1.69. The van der Waals surface area contributed by atoms with Crippen molar-refractivity contribution in [1.82, 2.24) is 4.37 Å². The molecule has 108 valence electrons. The minimum Gasteiger partial charge on any atom is -0.382 e. The molecule has 1 aromatic rings. The van der Waals surface area contributed by atoms with Gasteiger partial charge in [0.2, 0.25) is 0 Å². The van der Waals surface area contributed by atoms with Crippen LogP contribution < -0.4 is 11.1 Å². The fourth-order valence-electron chi connectivity index (χ4n) is 2.43. The van der Waals surface area contributed by atoms with Crippen LogP contribution in [0.25, 0.3) is 0 Å². The van der Waals surface area contributed by atoms with Gasteiger partial charge in [-0.1, -0.05) is 13.8 Å². The highest BCUT2D eigenvalue weighted by molar-refractivity contribution is 7.91. The summed E-state index contributed by atoms with van der Waals surface area (Å²) in [5.74, 6) is 0.0652. The summed E-state index contributed by atoms with van der Waals surface area (Å²) in [5, 5.41) is 3.77. The first-order chi connectivity index (χ1) is 8.67. The highest BCUT2D eigenvalue weighted by Gasteiger charge is 2.49. The van der Waals surface area contributed by atoms with Crippen molar-refractivity contribution < 1.29 is 13.2 Å². The molecule has 1 aliphatic carbocycles. The standard InChI is InChI=1S/C11H19N3O3S2/c1-11(2)6(5-7(11)17-3)13-10-8(19(4,15)16)9(12)14-18-10/h6-7,13H,5H2,1-4H3,(H2,12,14). The van der Waals surface area contributed by atoms with Gasteiger partial charge in [-0.15, -0.1) is 0 Å². The summed E-state index contributed by atoms with van der Waals surface area (Å²) < 4.78 is 32.8. The van der Waals surface area contributed by atoms with Gasteiger partial charge >= 0.3 is 0 Å². The largest absolute Gasteiger partial charge is 0.382 e. The Morgan fingerprint density at radius 3 is 2.63 bits per heavy atom. The minimum atomic E-state index is -3.38. The van der Waals surface area contributed by atoms with E-state index in [9.17, 15) is 8.42 Å². The fourth-order valence-corrected chi connectivity index (χ4v) is 4.54. The molecule has 0 amide bonds. The van der Waals surface area contributed by atoms with Gasteiger partial charge in [0.05, 0.1) is 6.10 Å². The van der Waals surface area contributed by atoms with E-state index in [2.05, 4.69) is 23.5 Å². The molecule has 0 aliphatic heterocycles. The third-order valence-electron chi connectivity index (χ3n) is 3.81. The number of hydrogen-bond donors (Lipinski definition) is 2. The van der Waals surface area contributed by atoms with Crippen LogP contribution in [0.15, 0.2) is 4.90 Å². The Labute approximate surface area is 117 Å². The Hall–Kier alpha value is -0.860. The molecule has 8 heteroatoms. The summed E-state index contributed by atoms with van der Waals surface area (Å²) in [6.07, 6.45) is 2.16. The maximum atomic E-state index is 11.7. The second kappa shape index (κ2) is 4.60. The molecule has 0 aromatic carbocycles. The number of nitrogens with one attached hydrogen (secondary N) is 1. The molecule has 1 aliphatic rings. The van der Waals surface area contributed by atoms with Crippen molar-refractivity contribution in [2.24, 2.45) is 5.41 Å². The number of hydrogen-bond acceptors (Lipinski definition) is 7. The van der Waals surface area contributed by atoms with Crippen molar-refractivity contribution in [3.63, 3.8) is 0 Å². The van der Waals surface area contributed by atoms with Gasteiger partial charge in [-0.05, 0) is 18.0 Å². The Morgan fingerprint density at radius 1 is 1.53 bits per heavy atom. The molecule has 1 heterocycles. The zero-order valence-corrected chi connectivity index (χ0v) is 13.1. The molecule has 2 unspecified atom stereocenters. The van der Waals surface area contributed by atoms with Crippen LogP contribution in [0.3, 0.4) is 0 Å². The smallest absolute Gasteiger partial charge is 0.182 e. The number of nitrogens with zero attached hydrogens (tertiary/aromatic N) is 1. The van der Waals surface area contributed by atoms with E-state index in [1.165, 1.54) is 0 Å². The summed E-state index contributed by atoms with van der Waals surface area (Å²) in [6, 6.07) is 0.151. The number of aromatic nitrogens is 1. The molecule has 0 spiro atoms. The topological polar surface area (TPSA) is 94.3 Å². The quantitative estimate of drug-likeness (QED) is 0.872. The molecule has 2 atom stereocenters. The van der Waals surface area contributed by atoms with Crippen LogP contribution in [-0.4, -0.2) is 38.3 Å². The third kappa shape index (κ3) is 2.44. The van der Waals surface area contributed by atoms with Crippen LogP contribution in [0.1, 0.15) is 20.3 Å². The predicted octanol–water partition coefficient (Wildman–Crippen LogP) is 1.35. The monoisotopic (exact) mass is 305 g/mol. The molecule has 3 N–H and O–H groups in total. The zero-order valence-electron chi connectivity index (χ0n) is 11.4. The van der Waals surface area contributed by atoms with E-state index in [1.807, 2.05) is 0 Å². The van der Waals surface area contributed by atoms with E-state index >= 15 is 0 Å². The van der Waals surface area contributed by atoms with Crippen LogP contribution in [0, 0.1) is 5.41 Å². The summed E-state index contributed by atoms with van der Waals surface area (Å²) >= 11 is 1.08. The van der Waals surface area contributed by atoms with Gasteiger partial charge in [0.25, 0.3) is 0 Å². The van der Waals surface area contributed by atoms with Gasteiger partial charge in [-0.25, -0.2) is 8.42 Å². The van der Waals surface area contributed by atoms with Crippen molar-refractivity contribution in [3.8, 4) is 0 Å². The van der Waals surface area contributed by atoms with Gasteiger partial charge in [-0.3, -0.25) is 0 Å². The number of sulfone groups is 1. The van der Waals surface area contributed by atoms with E-state index in [0.717, 1.165) is 24.2 Å². The van der Waals surface area contributed by atoms with E-state index in [-0.39, 0.29) is 28.3 Å². The lowest BCUT2D eigenvalue weighted by atomic mass is 9.64. The highest BCUT2D eigenvalue weighted by Crippen LogP contribution is 2.45. The average Bonchev–Trinajstić information content (AvgIpc) is 2.64. The van der Waals surface area contributed by atoms with Gasteiger partial charge in [0, 0.05) is 24.8 Å². The second-order valence-corrected chi connectivity index (χ2v) is 8.20. The number of rotatable bonds is 4. The van der Waals surface area contributed by atoms with E-state index in [4.69, 9.17) is 10.5 Å². The Morgan fingerprint density at radius 2 is 2.16 bits per heavy atom. The molecular weight excluding hydrogens is 286 g/mol. The predicted molar refractivity (Wildman–Crippen MR) is 76.2 cm³/mol. The Bertz CT molecular complexity index is 580. The summed E-state index contributed by atoms with van der Waals surface area (Å²) in [6.45, 7) is 4.18. The molecule has 0 saturated heterocycles. The average molecular weight is 305 g/mol. The second-order valence-electron chi connectivity index (χ2n) is 5.48. The number of nitrogen functional groups attached to an aromatic ring is 1. The molecule has 1 fully saturated rings. The molecule has 1 aromatic heterocycles. The summed E-state index contributed by atoms with van der Waals surface area (Å²) in [5.41, 5.74) is 5.59. The maximum Gasteiger partial charge on any atom is 0.182 e. The molecule has 6 nitrogen and oxygen atoms in total. The van der Waals surface area contributed by atoms with Crippen LogP contribution in [0.2, 0.25) is 0 Å². The SMILES string of the molecule is COC1CC(Nc2snc(N)c2S(C)(=O)=O)C1(C)C. The lowest BCUT2D eigenvalue weighted by Crippen LogP contribution is -2.57. The summed E-state index contributed by atoms with van der Waals surface area (Å²) in [4.78, 5) is 0.106. The van der Waals surface area contributed by atoms with Crippen molar-refractivity contribution >= 4 is 32.2 Å². The lowest BCUT2D eigenvalue weighted by molar-refractivity contribution is -0.0794. The van der Waals surface area contributed by atoms with E-state index < -0.39 is 9.84 Å². The van der Waals surface area contributed by atoms with Gasteiger partial charge in [0.1, 0.15) is 9.90 Å². The highest BCUT2D eigenvalue weighted by atomic mass is 32.2. The van der Waals surface area contributed by atoms with Crippen LogP contribution in [-0.2, 0) is 14.6 Å². The zero-order chi connectivity index (χ0) is 14.4. The number of methoxy groups -OCH3 is 1. The van der Waals surface area contributed by atoms with Gasteiger partial charge in [-0.2, -0.15) is 4.37 Å². The first-order valence-electron chi connectivity index (χ1n) is 5.92. The van der Waals surface area contributed by atoms with Crippen molar-refractivity contribution in [2.75, 3.05) is 24.4 Å². The number of anilines is 2. The molecule has 2 rings (SSSR count). The molecule has 19 heavy (non-hydrogen) atoms. The van der Waals surface area contributed by atoms with E-state index in [0.29, 0.717) is 5.00 Å². The van der Waals surface area contributed by atoms with Crippen LogP contribution in [0.4, 0.5) is 10.8 Å². The van der Waals surface area contributed by atoms with E-state index in [1.54, 1.807) is 7.11 Å². The van der Waals surface area contributed by atoms with Gasteiger partial charge in [0.15, 0.2) is 15.7 Å². The van der Waals surface area contributed by atoms with Crippen molar-refractivity contribution in [1.29, 1.82) is 0 Å². The molecule has 1 saturated carbocycles. The number of nitrogens with two attached hydrogens (primary N) is 1. The number of ether oxygens (including phenoxy) is 1. The van der Waals surface area contributed by atoms with Crippen LogP contribution >= 0.6 is 11.5 Å². The van der Waals surface area contributed by atoms with Crippen molar-refractivity contribution in [2.45, 2.75) is 37.3 Å². The van der Waals surface area contributed by atoms with Crippen LogP contribution in [0.5, 0.6) is 0 Å².